The zero-order valence-electron chi connectivity index (χ0n) is 13.1. The van der Waals surface area contributed by atoms with Crippen molar-refractivity contribution in [2.24, 2.45) is 0 Å². The van der Waals surface area contributed by atoms with Crippen molar-refractivity contribution >= 4 is 0 Å². The van der Waals surface area contributed by atoms with Gasteiger partial charge >= 0.3 is 0 Å². The zero-order valence-corrected chi connectivity index (χ0v) is 13.1. The third-order valence-corrected chi connectivity index (χ3v) is 3.66. The average molecular weight is 267 g/mol. The molecule has 1 unspecified atom stereocenters. The number of hydrogen-bond acceptors (Lipinski definition) is 4. The van der Waals surface area contributed by atoms with E-state index < -0.39 is 0 Å². The molecule has 1 atom stereocenters. The van der Waals surface area contributed by atoms with E-state index >= 15 is 0 Å². The molecule has 0 aliphatic carbocycles. The van der Waals surface area contributed by atoms with Gasteiger partial charge in [0.05, 0.1) is 0 Å². The number of likely N-dealkylation sites (N-methyl/N-ethyl adjacent to an activating group) is 1. The minimum absolute atomic E-state index is 0.373. The van der Waals surface area contributed by atoms with E-state index in [-0.39, 0.29) is 0 Å². The first-order valence-electron chi connectivity index (χ1n) is 7.40. The van der Waals surface area contributed by atoms with Gasteiger partial charge in [0.25, 0.3) is 0 Å². The fourth-order valence-corrected chi connectivity index (χ4v) is 2.30. The van der Waals surface area contributed by atoms with Crippen molar-refractivity contribution in [3.8, 4) is 0 Å². The summed E-state index contributed by atoms with van der Waals surface area (Å²) in [5.41, 5.74) is 0. The molecule has 1 aromatic rings. The van der Waals surface area contributed by atoms with Crippen molar-refractivity contribution in [3.63, 3.8) is 0 Å². The van der Waals surface area contributed by atoms with Crippen molar-refractivity contribution in [1.82, 2.24) is 25.0 Å². The van der Waals surface area contributed by atoms with E-state index in [1.54, 1.807) is 6.33 Å². The Balaban J connectivity index is 2.54. The van der Waals surface area contributed by atoms with E-state index in [1.165, 1.54) is 0 Å². The smallest absolute Gasteiger partial charge is 0.138 e. The van der Waals surface area contributed by atoms with E-state index in [0.29, 0.717) is 12.1 Å². The Morgan fingerprint density at radius 1 is 1.32 bits per heavy atom. The summed E-state index contributed by atoms with van der Waals surface area (Å²) in [5.74, 6) is 1.08. The maximum atomic E-state index is 4.39. The molecular weight excluding hydrogens is 238 g/mol. The number of rotatable bonds is 9. The SMILES string of the molecule is CCN(CC)CCC(Cc1ncnn1C(C)C)NC. The molecule has 110 valence electrons. The first kappa shape index (κ1) is 16.1. The molecule has 5 heteroatoms. The van der Waals surface area contributed by atoms with Crippen LogP contribution in [0, 0.1) is 0 Å². The number of nitrogens with zero attached hydrogens (tertiary/aromatic N) is 4. The van der Waals surface area contributed by atoms with Crippen LogP contribution in [0.25, 0.3) is 0 Å². The lowest BCUT2D eigenvalue weighted by Crippen LogP contribution is -2.34. The second kappa shape index (κ2) is 8.27. The number of nitrogens with one attached hydrogen (secondary N) is 1. The van der Waals surface area contributed by atoms with E-state index in [4.69, 9.17) is 0 Å². The molecule has 0 spiro atoms. The number of hydrogen-bond donors (Lipinski definition) is 1. The van der Waals surface area contributed by atoms with E-state index in [2.05, 4.69) is 48.0 Å². The lowest BCUT2D eigenvalue weighted by atomic mass is 10.1. The Morgan fingerprint density at radius 2 is 2.00 bits per heavy atom. The molecule has 0 amide bonds. The predicted octanol–water partition coefficient (Wildman–Crippen LogP) is 1.72. The van der Waals surface area contributed by atoms with Gasteiger partial charge < -0.3 is 10.2 Å². The molecule has 0 bridgehead atoms. The van der Waals surface area contributed by atoms with Gasteiger partial charge in [0, 0.05) is 18.5 Å². The van der Waals surface area contributed by atoms with Crippen LogP contribution in [-0.4, -0.2) is 52.4 Å². The summed E-state index contributed by atoms with van der Waals surface area (Å²) >= 11 is 0. The lowest BCUT2D eigenvalue weighted by molar-refractivity contribution is 0.281. The van der Waals surface area contributed by atoms with E-state index in [1.807, 2.05) is 11.7 Å². The molecule has 1 heterocycles. The van der Waals surface area contributed by atoms with Crippen LogP contribution < -0.4 is 5.32 Å². The summed E-state index contributed by atoms with van der Waals surface area (Å²) in [6, 6.07) is 0.833. The fourth-order valence-electron chi connectivity index (χ4n) is 2.30. The van der Waals surface area contributed by atoms with Crippen LogP contribution in [0.3, 0.4) is 0 Å². The summed E-state index contributed by atoms with van der Waals surface area (Å²) < 4.78 is 2.02. The first-order chi connectivity index (χ1) is 9.12. The summed E-state index contributed by atoms with van der Waals surface area (Å²) in [6.07, 6.45) is 3.74. The molecular formula is C14H29N5. The minimum atomic E-state index is 0.373. The molecule has 1 N–H and O–H groups in total. The minimum Gasteiger partial charge on any atom is -0.317 e. The summed E-state index contributed by atoms with van der Waals surface area (Å²) in [6.45, 7) is 12.1. The second-order valence-corrected chi connectivity index (χ2v) is 5.22. The standard InChI is InChI=1S/C14H29N5/c1-6-18(7-2)9-8-13(15-5)10-14-16-11-17-19(14)12(3)4/h11-13,15H,6-10H2,1-5H3. The lowest BCUT2D eigenvalue weighted by Gasteiger charge is -2.22. The van der Waals surface area contributed by atoms with Gasteiger partial charge in [-0.1, -0.05) is 13.8 Å². The highest BCUT2D eigenvalue weighted by Crippen LogP contribution is 2.09. The van der Waals surface area contributed by atoms with Gasteiger partial charge in [-0.05, 0) is 47.0 Å². The monoisotopic (exact) mass is 267 g/mol. The van der Waals surface area contributed by atoms with E-state index in [9.17, 15) is 0 Å². The Labute approximate surface area is 117 Å². The number of aromatic nitrogens is 3. The van der Waals surface area contributed by atoms with Crippen LogP contribution in [0.15, 0.2) is 6.33 Å². The van der Waals surface area contributed by atoms with Crippen molar-refractivity contribution < 1.29 is 0 Å². The van der Waals surface area contributed by atoms with Gasteiger partial charge in [0.2, 0.25) is 0 Å². The molecule has 0 aliphatic rings. The molecule has 19 heavy (non-hydrogen) atoms. The molecule has 0 saturated heterocycles. The largest absolute Gasteiger partial charge is 0.317 e. The summed E-state index contributed by atoms with van der Waals surface area (Å²) in [5, 5.41) is 7.70. The fraction of sp³-hybridized carbons (Fsp3) is 0.857. The third-order valence-electron chi connectivity index (χ3n) is 3.66. The normalized spacial score (nSPS) is 13.4. The van der Waals surface area contributed by atoms with Crippen LogP contribution in [0.5, 0.6) is 0 Å². The Morgan fingerprint density at radius 3 is 2.53 bits per heavy atom. The second-order valence-electron chi connectivity index (χ2n) is 5.22. The molecule has 0 fully saturated rings. The average Bonchev–Trinajstić information content (AvgIpc) is 2.86. The zero-order chi connectivity index (χ0) is 14.3. The topological polar surface area (TPSA) is 46.0 Å². The molecule has 1 rings (SSSR count). The molecule has 0 aliphatic heterocycles. The Hall–Kier alpha value is -0.940. The van der Waals surface area contributed by atoms with Crippen LogP contribution in [-0.2, 0) is 6.42 Å². The van der Waals surface area contributed by atoms with Crippen molar-refractivity contribution in [2.45, 2.75) is 52.6 Å². The molecule has 5 nitrogen and oxygen atoms in total. The van der Waals surface area contributed by atoms with Gasteiger partial charge in [-0.15, -0.1) is 0 Å². The molecule has 1 aromatic heterocycles. The molecule has 0 saturated carbocycles. The van der Waals surface area contributed by atoms with Gasteiger partial charge in [-0.2, -0.15) is 5.10 Å². The van der Waals surface area contributed by atoms with Crippen molar-refractivity contribution in [2.75, 3.05) is 26.7 Å². The maximum absolute atomic E-state index is 4.39. The highest BCUT2D eigenvalue weighted by molar-refractivity contribution is 4.91. The highest BCUT2D eigenvalue weighted by atomic mass is 15.3. The maximum Gasteiger partial charge on any atom is 0.138 e. The van der Waals surface area contributed by atoms with Gasteiger partial charge in [-0.3, -0.25) is 0 Å². The predicted molar refractivity (Wildman–Crippen MR) is 79.4 cm³/mol. The van der Waals surface area contributed by atoms with Crippen LogP contribution >= 0.6 is 0 Å². The van der Waals surface area contributed by atoms with E-state index in [0.717, 1.165) is 38.3 Å². The molecule has 0 radical (unpaired) electrons. The molecule has 0 aromatic carbocycles. The third kappa shape index (κ3) is 4.91. The van der Waals surface area contributed by atoms with Crippen LogP contribution in [0.2, 0.25) is 0 Å². The Kier molecular flexibility index (Phi) is 7.02. The van der Waals surface area contributed by atoms with Gasteiger partial charge in [0.15, 0.2) is 0 Å². The summed E-state index contributed by atoms with van der Waals surface area (Å²) in [4.78, 5) is 6.85. The van der Waals surface area contributed by atoms with Crippen molar-refractivity contribution in [1.29, 1.82) is 0 Å². The van der Waals surface area contributed by atoms with Crippen molar-refractivity contribution in [3.05, 3.63) is 12.2 Å². The highest BCUT2D eigenvalue weighted by Gasteiger charge is 2.14. The van der Waals surface area contributed by atoms with Gasteiger partial charge in [0.1, 0.15) is 12.2 Å². The van der Waals surface area contributed by atoms with Crippen LogP contribution in [0.4, 0.5) is 0 Å². The summed E-state index contributed by atoms with van der Waals surface area (Å²) in [7, 11) is 2.03. The first-order valence-corrected chi connectivity index (χ1v) is 7.40. The van der Waals surface area contributed by atoms with Gasteiger partial charge in [-0.25, -0.2) is 9.67 Å². The Bertz CT molecular complexity index is 343. The van der Waals surface area contributed by atoms with Crippen LogP contribution in [0.1, 0.15) is 46.0 Å². The quantitative estimate of drug-likeness (QED) is 0.740.